The summed E-state index contributed by atoms with van der Waals surface area (Å²) in [6.07, 6.45) is 9.69. The van der Waals surface area contributed by atoms with Crippen molar-refractivity contribution in [2.75, 3.05) is 13.1 Å². The van der Waals surface area contributed by atoms with E-state index in [1.807, 2.05) is 13.8 Å². The summed E-state index contributed by atoms with van der Waals surface area (Å²) in [5.74, 6) is 1.30. The highest BCUT2D eigenvalue weighted by atomic mass is 16.1. The van der Waals surface area contributed by atoms with Crippen molar-refractivity contribution in [1.29, 1.82) is 0 Å². The Morgan fingerprint density at radius 1 is 0.971 bits per heavy atom. The van der Waals surface area contributed by atoms with Crippen LogP contribution in [0.5, 0.6) is 0 Å². The molecule has 0 spiro atoms. The van der Waals surface area contributed by atoms with Gasteiger partial charge in [0.1, 0.15) is 6.29 Å². The number of aldehydes is 1. The summed E-state index contributed by atoms with van der Waals surface area (Å²) in [6, 6.07) is 18.1. The fraction of sp³-hybridized carbons (Fsp3) is 0.469. The van der Waals surface area contributed by atoms with Crippen LogP contribution in [0.4, 0.5) is 0 Å². The molecule has 3 N–H and O–H groups in total. The summed E-state index contributed by atoms with van der Waals surface area (Å²) in [5.41, 5.74) is 16.2. The largest absolute Gasteiger partial charge is 0.330 e. The minimum Gasteiger partial charge on any atom is -0.330 e. The molecule has 3 aliphatic rings. The van der Waals surface area contributed by atoms with Gasteiger partial charge in [-0.1, -0.05) is 82.3 Å². The maximum atomic E-state index is 9.62. The van der Waals surface area contributed by atoms with Gasteiger partial charge in [0.05, 0.1) is 0 Å². The van der Waals surface area contributed by atoms with Crippen molar-refractivity contribution in [2.45, 2.75) is 72.3 Å². The van der Waals surface area contributed by atoms with Crippen LogP contribution in [-0.4, -0.2) is 25.4 Å². The summed E-state index contributed by atoms with van der Waals surface area (Å²) in [5, 5.41) is 3.70. The van der Waals surface area contributed by atoms with Gasteiger partial charge in [0, 0.05) is 12.5 Å². The van der Waals surface area contributed by atoms with Gasteiger partial charge in [0.15, 0.2) is 0 Å². The van der Waals surface area contributed by atoms with E-state index in [1.165, 1.54) is 47.1 Å². The summed E-state index contributed by atoms with van der Waals surface area (Å²) >= 11 is 0. The maximum absolute atomic E-state index is 9.62. The Labute approximate surface area is 212 Å². The highest BCUT2D eigenvalue weighted by Gasteiger charge is 2.29. The highest BCUT2D eigenvalue weighted by Crippen LogP contribution is 2.39. The molecule has 35 heavy (non-hydrogen) atoms. The average Bonchev–Trinajstić information content (AvgIpc) is 3.42. The average molecular weight is 473 g/mol. The van der Waals surface area contributed by atoms with Gasteiger partial charge >= 0.3 is 0 Å². The molecule has 1 atom stereocenters. The standard InChI is InChI=1S/C16H21N.C11H13N.C5H10O/c1-11(2)9-16-15-10-12-5-3-4-6-13(12)14(15)7-8-17-16;12-8-7-10-6-5-9-3-1-2-4-11(9)10;1-5(2)3-4-6/h3-6,11,16-17H,7-10H2,1-2H3;1-4,6H,5,7-8,12H2;4-5H,3H2,1-2H3. The number of nitrogens with two attached hydrogens (primary N) is 1. The Kier molecular flexibility index (Phi) is 10.5. The van der Waals surface area contributed by atoms with Crippen molar-refractivity contribution in [3.8, 4) is 0 Å². The second-order valence-corrected chi connectivity index (χ2v) is 10.6. The van der Waals surface area contributed by atoms with Crippen molar-refractivity contribution >= 4 is 17.4 Å². The molecular formula is C32H44N2O. The number of rotatable bonds is 6. The van der Waals surface area contributed by atoms with Crippen LogP contribution in [0.15, 0.2) is 60.2 Å². The lowest BCUT2D eigenvalue weighted by Gasteiger charge is -2.28. The molecule has 0 amide bonds. The predicted octanol–water partition coefficient (Wildman–Crippen LogP) is 6.61. The topological polar surface area (TPSA) is 55.1 Å². The predicted molar refractivity (Wildman–Crippen MR) is 150 cm³/mol. The molecule has 2 aromatic carbocycles. The second-order valence-electron chi connectivity index (χ2n) is 10.6. The van der Waals surface area contributed by atoms with Crippen LogP contribution in [0.2, 0.25) is 0 Å². The zero-order valence-electron chi connectivity index (χ0n) is 22.1. The molecule has 0 radical (unpaired) electrons. The van der Waals surface area contributed by atoms with E-state index >= 15 is 0 Å². The molecule has 0 bridgehead atoms. The van der Waals surface area contributed by atoms with Crippen LogP contribution in [0, 0.1) is 11.8 Å². The van der Waals surface area contributed by atoms with Gasteiger partial charge < -0.3 is 15.8 Å². The Balaban J connectivity index is 0.000000166. The first-order chi connectivity index (χ1) is 16.9. The molecular weight excluding hydrogens is 428 g/mol. The van der Waals surface area contributed by atoms with Crippen LogP contribution in [-0.2, 0) is 17.6 Å². The molecule has 188 valence electrons. The summed E-state index contributed by atoms with van der Waals surface area (Å²) < 4.78 is 0. The maximum Gasteiger partial charge on any atom is 0.120 e. The van der Waals surface area contributed by atoms with Crippen LogP contribution in [0.25, 0.3) is 11.1 Å². The third-order valence-corrected chi connectivity index (χ3v) is 6.92. The molecule has 2 aliphatic carbocycles. The molecule has 1 aliphatic heterocycles. The first-order valence-corrected chi connectivity index (χ1v) is 13.4. The number of allylic oxidation sites excluding steroid dienone is 1. The van der Waals surface area contributed by atoms with Crippen molar-refractivity contribution in [1.82, 2.24) is 5.32 Å². The Morgan fingerprint density at radius 2 is 1.66 bits per heavy atom. The van der Waals surface area contributed by atoms with E-state index < -0.39 is 0 Å². The van der Waals surface area contributed by atoms with E-state index in [9.17, 15) is 4.79 Å². The summed E-state index contributed by atoms with van der Waals surface area (Å²) in [4.78, 5) is 9.62. The van der Waals surface area contributed by atoms with Crippen LogP contribution >= 0.6 is 0 Å². The lowest BCUT2D eigenvalue weighted by atomic mass is 9.89. The van der Waals surface area contributed by atoms with Gasteiger partial charge in [0.25, 0.3) is 0 Å². The Hall–Kier alpha value is -2.49. The third kappa shape index (κ3) is 7.49. The van der Waals surface area contributed by atoms with Crippen LogP contribution in [0.1, 0.15) is 75.6 Å². The summed E-state index contributed by atoms with van der Waals surface area (Å²) in [7, 11) is 0. The van der Waals surface area contributed by atoms with Gasteiger partial charge in [-0.3, -0.25) is 0 Å². The number of benzene rings is 2. The smallest absolute Gasteiger partial charge is 0.120 e. The van der Waals surface area contributed by atoms with Crippen molar-refractivity contribution in [2.24, 2.45) is 17.6 Å². The van der Waals surface area contributed by atoms with E-state index in [1.54, 1.807) is 11.1 Å². The van der Waals surface area contributed by atoms with Gasteiger partial charge in [0.2, 0.25) is 0 Å². The van der Waals surface area contributed by atoms with E-state index in [4.69, 9.17) is 5.73 Å². The van der Waals surface area contributed by atoms with Gasteiger partial charge in [-0.05, 0) is 96.0 Å². The normalized spacial score (nSPS) is 17.6. The van der Waals surface area contributed by atoms with E-state index in [0.29, 0.717) is 18.4 Å². The monoisotopic (exact) mass is 472 g/mol. The molecule has 0 fully saturated rings. The minimum absolute atomic E-state index is 0.530. The second kappa shape index (κ2) is 13.6. The van der Waals surface area contributed by atoms with Gasteiger partial charge in [-0.25, -0.2) is 0 Å². The van der Waals surface area contributed by atoms with Gasteiger partial charge in [-0.15, -0.1) is 0 Å². The minimum atomic E-state index is 0.530. The van der Waals surface area contributed by atoms with E-state index in [2.05, 4.69) is 73.8 Å². The molecule has 0 saturated carbocycles. The number of hydrogen-bond acceptors (Lipinski definition) is 3. The zero-order chi connectivity index (χ0) is 25.2. The molecule has 1 unspecified atom stereocenters. The molecule has 3 nitrogen and oxygen atoms in total. The molecule has 2 aromatic rings. The first-order valence-electron chi connectivity index (χ1n) is 13.4. The fourth-order valence-electron chi connectivity index (χ4n) is 5.21. The quantitative estimate of drug-likeness (QED) is 0.465. The molecule has 3 heteroatoms. The SMILES string of the molecule is CC(C)CC1NCCC2=C1Cc1ccccc12.CC(C)CC=O.NCCC1=CCc2ccccc21. The molecule has 1 heterocycles. The number of nitrogens with one attached hydrogen (secondary N) is 1. The molecule has 0 aromatic heterocycles. The molecule has 5 rings (SSSR count). The fourth-order valence-corrected chi connectivity index (χ4v) is 5.21. The number of carbonyl (C=O) groups is 1. The van der Waals surface area contributed by atoms with Crippen LogP contribution in [0.3, 0.4) is 0 Å². The highest BCUT2D eigenvalue weighted by molar-refractivity contribution is 5.78. The van der Waals surface area contributed by atoms with E-state index in [0.717, 1.165) is 38.1 Å². The van der Waals surface area contributed by atoms with Crippen molar-refractivity contribution in [3.05, 3.63) is 82.4 Å². The first kappa shape index (κ1) is 27.1. The van der Waals surface area contributed by atoms with Gasteiger partial charge in [-0.2, -0.15) is 0 Å². The van der Waals surface area contributed by atoms with E-state index in [-0.39, 0.29) is 0 Å². The lowest BCUT2D eigenvalue weighted by molar-refractivity contribution is -0.108. The third-order valence-electron chi connectivity index (χ3n) is 6.92. The Morgan fingerprint density at radius 3 is 2.29 bits per heavy atom. The Bertz CT molecular complexity index is 1030. The zero-order valence-corrected chi connectivity index (χ0v) is 22.1. The van der Waals surface area contributed by atoms with Crippen molar-refractivity contribution < 1.29 is 4.79 Å². The van der Waals surface area contributed by atoms with Crippen molar-refractivity contribution in [3.63, 3.8) is 0 Å². The molecule has 0 saturated heterocycles. The number of fused-ring (bicyclic) bond motifs is 3. The number of hydrogen-bond donors (Lipinski definition) is 2. The van der Waals surface area contributed by atoms with Crippen LogP contribution < -0.4 is 11.1 Å². The lowest BCUT2D eigenvalue weighted by Crippen LogP contribution is -2.36. The number of carbonyl (C=O) groups excluding carboxylic acids is 1. The summed E-state index contributed by atoms with van der Waals surface area (Å²) in [6.45, 7) is 10.6.